The third-order valence-corrected chi connectivity index (χ3v) is 6.02. The summed E-state index contributed by atoms with van der Waals surface area (Å²) in [6.45, 7) is 2.09. The molecule has 1 aromatic heterocycles. The Kier molecular flexibility index (Phi) is 5.67. The Bertz CT molecular complexity index is 358. The molecule has 1 heterocycles. The first kappa shape index (κ1) is 14.5. The van der Waals surface area contributed by atoms with Crippen LogP contribution in [0.1, 0.15) is 43.4 Å². The van der Waals surface area contributed by atoms with Gasteiger partial charge in [0, 0.05) is 21.4 Å². The molecule has 1 aliphatic rings. The number of hydrogen-bond acceptors (Lipinski definition) is 3. The zero-order valence-electron chi connectivity index (χ0n) is 11.1. The van der Waals surface area contributed by atoms with Crippen molar-refractivity contribution >= 4 is 27.3 Å². The predicted molar refractivity (Wildman–Crippen MR) is 83.2 cm³/mol. The summed E-state index contributed by atoms with van der Waals surface area (Å²) in [5, 5.41) is 9.29. The average molecular weight is 331 g/mol. The van der Waals surface area contributed by atoms with Gasteiger partial charge in [-0.1, -0.05) is 19.3 Å². The van der Waals surface area contributed by atoms with E-state index in [1.165, 1.54) is 47.9 Å². The van der Waals surface area contributed by atoms with Crippen molar-refractivity contribution in [3.8, 4) is 0 Å². The summed E-state index contributed by atoms with van der Waals surface area (Å²) in [4.78, 5) is 1.40. The predicted octanol–water partition coefficient (Wildman–Crippen LogP) is 3.91. The summed E-state index contributed by atoms with van der Waals surface area (Å²) in [5.41, 5.74) is 0.401. The fourth-order valence-corrected chi connectivity index (χ4v) is 4.30. The lowest BCUT2D eigenvalue weighted by molar-refractivity contribution is 0.228. The number of hydrogen-bond donors (Lipinski definition) is 2. The summed E-state index contributed by atoms with van der Waals surface area (Å²) in [5.74, 6) is 0. The van der Waals surface area contributed by atoms with E-state index in [9.17, 15) is 0 Å². The van der Waals surface area contributed by atoms with Crippen molar-refractivity contribution in [2.45, 2.75) is 50.6 Å². The lowest BCUT2D eigenvalue weighted by Crippen LogP contribution is -2.46. The lowest BCUT2D eigenvalue weighted by Gasteiger charge is -2.37. The standard InChI is InChI=1S/C14H23BrN2S/c1-16-14(6-3-2-4-7-14)8-9-17-11-13-12(15)5-10-18-13/h5,10,16-17H,2-4,6-9,11H2,1H3. The molecule has 0 amide bonds. The Morgan fingerprint density at radius 3 is 2.72 bits per heavy atom. The highest BCUT2D eigenvalue weighted by Gasteiger charge is 2.29. The lowest BCUT2D eigenvalue weighted by atomic mass is 9.79. The maximum absolute atomic E-state index is 3.58. The van der Waals surface area contributed by atoms with E-state index in [0.29, 0.717) is 5.54 Å². The summed E-state index contributed by atoms with van der Waals surface area (Å²) < 4.78 is 1.24. The monoisotopic (exact) mass is 330 g/mol. The van der Waals surface area contributed by atoms with E-state index in [0.717, 1.165) is 13.1 Å². The minimum absolute atomic E-state index is 0.401. The van der Waals surface area contributed by atoms with Gasteiger partial charge in [0.2, 0.25) is 0 Å². The highest BCUT2D eigenvalue weighted by Crippen LogP contribution is 2.30. The van der Waals surface area contributed by atoms with Crippen molar-refractivity contribution in [3.63, 3.8) is 0 Å². The summed E-state index contributed by atoms with van der Waals surface area (Å²) >= 11 is 5.39. The fraction of sp³-hybridized carbons (Fsp3) is 0.714. The van der Waals surface area contributed by atoms with Crippen LogP contribution in [0.4, 0.5) is 0 Å². The molecule has 1 aliphatic carbocycles. The van der Waals surface area contributed by atoms with Crippen LogP contribution >= 0.6 is 27.3 Å². The summed E-state index contributed by atoms with van der Waals surface area (Å²) in [7, 11) is 2.13. The Morgan fingerprint density at radius 1 is 1.33 bits per heavy atom. The minimum Gasteiger partial charge on any atom is -0.314 e. The van der Waals surface area contributed by atoms with E-state index in [-0.39, 0.29) is 0 Å². The molecule has 1 fully saturated rings. The van der Waals surface area contributed by atoms with Crippen LogP contribution in [-0.4, -0.2) is 19.1 Å². The van der Waals surface area contributed by atoms with Crippen LogP contribution in [0.15, 0.2) is 15.9 Å². The van der Waals surface area contributed by atoms with Gasteiger partial charge >= 0.3 is 0 Å². The molecule has 2 N–H and O–H groups in total. The van der Waals surface area contributed by atoms with E-state index in [2.05, 4.69) is 45.1 Å². The van der Waals surface area contributed by atoms with Gasteiger partial charge in [-0.05, 0) is 60.2 Å². The SMILES string of the molecule is CNC1(CCNCc2sccc2Br)CCCCC1. The molecular formula is C14H23BrN2S. The van der Waals surface area contributed by atoms with E-state index in [1.807, 2.05) is 11.3 Å². The van der Waals surface area contributed by atoms with Crippen molar-refractivity contribution < 1.29 is 0 Å². The Balaban J connectivity index is 1.72. The number of rotatable bonds is 6. The van der Waals surface area contributed by atoms with Gasteiger partial charge in [-0.25, -0.2) is 0 Å². The molecule has 0 aliphatic heterocycles. The van der Waals surface area contributed by atoms with Crippen LogP contribution in [0, 0.1) is 0 Å². The second kappa shape index (κ2) is 7.04. The molecule has 0 atom stereocenters. The first-order valence-corrected chi connectivity index (χ1v) is 8.54. The maximum atomic E-state index is 3.58. The van der Waals surface area contributed by atoms with Crippen LogP contribution in [-0.2, 0) is 6.54 Å². The van der Waals surface area contributed by atoms with Gasteiger partial charge < -0.3 is 10.6 Å². The topological polar surface area (TPSA) is 24.1 Å². The summed E-state index contributed by atoms with van der Waals surface area (Å²) in [6, 6.07) is 2.12. The molecule has 18 heavy (non-hydrogen) atoms. The van der Waals surface area contributed by atoms with Crippen LogP contribution in [0.5, 0.6) is 0 Å². The molecule has 0 saturated heterocycles. The summed E-state index contributed by atoms with van der Waals surface area (Å²) in [6.07, 6.45) is 8.11. The molecular weight excluding hydrogens is 308 g/mol. The fourth-order valence-electron chi connectivity index (χ4n) is 2.83. The second-order valence-electron chi connectivity index (χ2n) is 5.21. The van der Waals surface area contributed by atoms with Crippen LogP contribution < -0.4 is 10.6 Å². The molecule has 4 heteroatoms. The molecule has 2 nitrogen and oxygen atoms in total. The van der Waals surface area contributed by atoms with Gasteiger partial charge in [0.1, 0.15) is 0 Å². The third kappa shape index (κ3) is 3.80. The highest BCUT2D eigenvalue weighted by molar-refractivity contribution is 9.10. The van der Waals surface area contributed by atoms with Gasteiger partial charge in [-0.15, -0.1) is 11.3 Å². The van der Waals surface area contributed by atoms with Crippen molar-refractivity contribution in [1.29, 1.82) is 0 Å². The number of halogens is 1. The second-order valence-corrected chi connectivity index (χ2v) is 7.06. The molecule has 0 radical (unpaired) electrons. The van der Waals surface area contributed by atoms with E-state index in [4.69, 9.17) is 0 Å². The van der Waals surface area contributed by atoms with Gasteiger partial charge in [0.15, 0.2) is 0 Å². The van der Waals surface area contributed by atoms with Crippen molar-refractivity contribution in [1.82, 2.24) is 10.6 Å². The van der Waals surface area contributed by atoms with Crippen LogP contribution in [0.2, 0.25) is 0 Å². The van der Waals surface area contributed by atoms with Crippen molar-refractivity contribution in [2.24, 2.45) is 0 Å². The van der Waals surface area contributed by atoms with Gasteiger partial charge in [-0.3, -0.25) is 0 Å². The first-order chi connectivity index (χ1) is 8.76. The third-order valence-electron chi connectivity index (χ3n) is 4.10. The quantitative estimate of drug-likeness (QED) is 0.772. The van der Waals surface area contributed by atoms with Gasteiger partial charge in [0.25, 0.3) is 0 Å². The average Bonchev–Trinajstić information content (AvgIpc) is 2.82. The molecule has 1 aromatic rings. The van der Waals surface area contributed by atoms with Crippen LogP contribution in [0.25, 0.3) is 0 Å². The van der Waals surface area contributed by atoms with Gasteiger partial charge in [-0.2, -0.15) is 0 Å². The first-order valence-electron chi connectivity index (χ1n) is 6.87. The van der Waals surface area contributed by atoms with E-state index >= 15 is 0 Å². The minimum atomic E-state index is 0.401. The largest absolute Gasteiger partial charge is 0.314 e. The molecule has 0 spiro atoms. The zero-order chi connectivity index (χ0) is 12.8. The maximum Gasteiger partial charge on any atom is 0.0327 e. The molecule has 1 saturated carbocycles. The van der Waals surface area contributed by atoms with Crippen molar-refractivity contribution in [3.05, 3.63) is 20.8 Å². The molecule has 0 bridgehead atoms. The molecule has 0 aromatic carbocycles. The van der Waals surface area contributed by atoms with E-state index in [1.54, 1.807) is 0 Å². The smallest absolute Gasteiger partial charge is 0.0327 e. The zero-order valence-corrected chi connectivity index (χ0v) is 13.5. The van der Waals surface area contributed by atoms with E-state index < -0.39 is 0 Å². The van der Waals surface area contributed by atoms with Crippen molar-refractivity contribution in [2.75, 3.05) is 13.6 Å². The normalized spacial score (nSPS) is 19.0. The Labute approximate surface area is 123 Å². The number of thiophene rings is 1. The molecule has 0 unspecified atom stereocenters. The van der Waals surface area contributed by atoms with Gasteiger partial charge in [0.05, 0.1) is 0 Å². The molecule has 2 rings (SSSR count). The molecule has 102 valence electrons. The highest BCUT2D eigenvalue weighted by atomic mass is 79.9. The Hall–Kier alpha value is 0.100. The van der Waals surface area contributed by atoms with Crippen LogP contribution in [0.3, 0.4) is 0 Å². The number of nitrogens with one attached hydrogen (secondary N) is 2. The Morgan fingerprint density at radius 2 is 2.11 bits per heavy atom.